The summed E-state index contributed by atoms with van der Waals surface area (Å²) in [6.45, 7) is 0. The van der Waals surface area contributed by atoms with Crippen LogP contribution in [0.3, 0.4) is 0 Å². The second kappa shape index (κ2) is 4.53. The number of aliphatic carboxylic acids is 1. The van der Waals surface area contributed by atoms with Gasteiger partial charge in [0.15, 0.2) is 6.10 Å². The van der Waals surface area contributed by atoms with E-state index in [1.807, 2.05) is 0 Å². The largest absolute Gasteiger partial charge is 0.479 e. The average molecular weight is 323 g/mol. The quantitative estimate of drug-likeness (QED) is 0.496. The van der Waals surface area contributed by atoms with Crippen LogP contribution in [0.5, 0.6) is 0 Å². The van der Waals surface area contributed by atoms with Crippen molar-refractivity contribution in [2.75, 3.05) is 0 Å². The highest BCUT2D eigenvalue weighted by molar-refractivity contribution is 14.1. The molecule has 1 aromatic rings. The average Bonchev–Trinajstić information content (AvgIpc) is 2.16. The summed E-state index contributed by atoms with van der Waals surface area (Å²) < 4.78 is 0.388. The van der Waals surface area contributed by atoms with Gasteiger partial charge in [-0.05, 0) is 34.2 Å². The predicted octanol–water partition coefficient (Wildman–Crippen LogP) is 1.32. The molecule has 0 radical (unpaired) electrons. The summed E-state index contributed by atoms with van der Waals surface area (Å²) in [5, 5.41) is 28.2. The second-order valence-electron chi connectivity index (χ2n) is 2.71. The second-order valence-corrected chi connectivity index (χ2v) is 3.87. The number of hydrogen-bond donors (Lipinski definition) is 2. The van der Waals surface area contributed by atoms with Crippen molar-refractivity contribution >= 4 is 34.2 Å². The Morgan fingerprint density at radius 3 is 2.60 bits per heavy atom. The van der Waals surface area contributed by atoms with Crippen molar-refractivity contribution in [3.63, 3.8) is 0 Å². The SMILES string of the molecule is O=C(O)C(O)c1ccc(I)c([N+](=O)[O-])c1. The summed E-state index contributed by atoms with van der Waals surface area (Å²) in [6, 6.07) is 3.79. The van der Waals surface area contributed by atoms with Gasteiger partial charge in [0, 0.05) is 6.07 Å². The van der Waals surface area contributed by atoms with Gasteiger partial charge in [-0.2, -0.15) is 0 Å². The molecule has 1 aromatic carbocycles. The van der Waals surface area contributed by atoms with Gasteiger partial charge in [-0.25, -0.2) is 4.79 Å². The molecule has 0 saturated carbocycles. The standard InChI is InChI=1S/C8H6INO5/c9-5-2-1-4(7(11)8(12)13)3-6(5)10(14)15/h1-3,7,11H,(H,12,13). The molecule has 0 aliphatic rings. The first-order chi connectivity index (χ1) is 6.93. The Kier molecular flexibility index (Phi) is 3.58. The molecule has 1 atom stereocenters. The normalized spacial score (nSPS) is 12.1. The van der Waals surface area contributed by atoms with Crippen LogP contribution in [0.2, 0.25) is 0 Å². The Morgan fingerprint density at radius 1 is 1.53 bits per heavy atom. The smallest absolute Gasteiger partial charge is 0.337 e. The van der Waals surface area contributed by atoms with Crippen molar-refractivity contribution in [1.82, 2.24) is 0 Å². The zero-order valence-electron chi connectivity index (χ0n) is 7.25. The number of aliphatic hydroxyl groups excluding tert-OH is 1. The van der Waals surface area contributed by atoms with E-state index in [4.69, 9.17) is 5.11 Å². The van der Waals surface area contributed by atoms with Gasteiger partial charge in [0.25, 0.3) is 5.69 Å². The van der Waals surface area contributed by atoms with E-state index >= 15 is 0 Å². The Balaban J connectivity index is 3.18. The van der Waals surface area contributed by atoms with Gasteiger partial charge in [0.05, 0.1) is 8.49 Å². The summed E-state index contributed by atoms with van der Waals surface area (Å²) in [5.74, 6) is -1.44. The molecule has 0 bridgehead atoms. The molecule has 0 spiro atoms. The zero-order chi connectivity index (χ0) is 11.6. The third-order valence-electron chi connectivity index (χ3n) is 1.72. The molecular weight excluding hydrogens is 317 g/mol. The fourth-order valence-electron chi connectivity index (χ4n) is 0.982. The number of hydrogen-bond acceptors (Lipinski definition) is 4. The molecule has 0 heterocycles. The molecule has 0 fully saturated rings. The highest BCUT2D eigenvalue weighted by atomic mass is 127. The number of nitro benzene ring substituents is 1. The van der Waals surface area contributed by atoms with Gasteiger partial charge in [-0.15, -0.1) is 0 Å². The molecule has 0 aliphatic carbocycles. The lowest BCUT2D eigenvalue weighted by Gasteiger charge is -2.05. The minimum absolute atomic E-state index is 0.00499. The van der Waals surface area contributed by atoms with Crippen molar-refractivity contribution in [1.29, 1.82) is 0 Å². The topological polar surface area (TPSA) is 101 Å². The van der Waals surface area contributed by atoms with Gasteiger partial charge in [-0.1, -0.05) is 6.07 Å². The van der Waals surface area contributed by atoms with Crippen LogP contribution >= 0.6 is 22.6 Å². The van der Waals surface area contributed by atoms with Crippen LogP contribution in [-0.2, 0) is 4.79 Å². The number of rotatable bonds is 3. The maximum absolute atomic E-state index is 10.5. The van der Waals surface area contributed by atoms with Crippen LogP contribution < -0.4 is 0 Å². The molecule has 80 valence electrons. The fourth-order valence-corrected chi connectivity index (χ4v) is 1.51. The number of carbonyl (C=O) groups is 1. The lowest BCUT2D eigenvalue weighted by Crippen LogP contribution is -2.10. The van der Waals surface area contributed by atoms with Crippen molar-refractivity contribution in [2.45, 2.75) is 6.10 Å². The molecule has 0 aromatic heterocycles. The summed E-state index contributed by atoms with van der Waals surface area (Å²) in [5.41, 5.74) is -0.219. The molecule has 1 rings (SSSR count). The molecule has 7 heteroatoms. The lowest BCUT2D eigenvalue weighted by atomic mass is 10.1. The molecule has 0 amide bonds. The Hall–Kier alpha value is -1.22. The van der Waals surface area contributed by atoms with Crippen LogP contribution in [0.15, 0.2) is 18.2 Å². The first-order valence-corrected chi connectivity index (χ1v) is 4.86. The van der Waals surface area contributed by atoms with Crippen molar-refractivity contribution < 1.29 is 19.9 Å². The van der Waals surface area contributed by atoms with E-state index in [1.54, 1.807) is 22.6 Å². The molecule has 15 heavy (non-hydrogen) atoms. The van der Waals surface area contributed by atoms with Crippen LogP contribution in [0.4, 0.5) is 5.69 Å². The molecular formula is C8H6INO5. The number of nitrogens with zero attached hydrogens (tertiary/aromatic N) is 1. The predicted molar refractivity (Wildman–Crippen MR) is 58.4 cm³/mol. The highest BCUT2D eigenvalue weighted by Gasteiger charge is 2.20. The summed E-state index contributed by atoms with van der Waals surface area (Å²) in [6.07, 6.45) is -1.74. The molecule has 0 aliphatic heterocycles. The zero-order valence-corrected chi connectivity index (χ0v) is 9.41. The van der Waals surface area contributed by atoms with Crippen molar-refractivity contribution in [3.05, 3.63) is 37.4 Å². The minimum atomic E-state index is -1.74. The van der Waals surface area contributed by atoms with E-state index < -0.39 is 17.0 Å². The van der Waals surface area contributed by atoms with E-state index in [0.717, 1.165) is 6.07 Å². The molecule has 1 unspecified atom stereocenters. The molecule has 0 saturated heterocycles. The number of carboxylic acid groups (broad SMARTS) is 1. The minimum Gasteiger partial charge on any atom is -0.479 e. The third-order valence-corrected chi connectivity index (χ3v) is 2.63. The van der Waals surface area contributed by atoms with E-state index in [0.29, 0.717) is 3.57 Å². The van der Waals surface area contributed by atoms with Gasteiger partial charge < -0.3 is 10.2 Å². The number of nitro groups is 1. The first-order valence-electron chi connectivity index (χ1n) is 3.78. The molecule has 6 nitrogen and oxygen atoms in total. The monoisotopic (exact) mass is 323 g/mol. The maximum atomic E-state index is 10.5. The van der Waals surface area contributed by atoms with Crippen molar-refractivity contribution in [2.24, 2.45) is 0 Å². The van der Waals surface area contributed by atoms with E-state index in [2.05, 4.69) is 0 Å². The van der Waals surface area contributed by atoms with Gasteiger partial charge in [-0.3, -0.25) is 10.1 Å². The summed E-state index contributed by atoms with van der Waals surface area (Å²) in [4.78, 5) is 20.4. The van der Waals surface area contributed by atoms with Gasteiger partial charge >= 0.3 is 5.97 Å². The van der Waals surface area contributed by atoms with Crippen LogP contribution in [0.1, 0.15) is 11.7 Å². The van der Waals surface area contributed by atoms with Crippen LogP contribution in [0, 0.1) is 13.7 Å². The van der Waals surface area contributed by atoms with Crippen LogP contribution in [0.25, 0.3) is 0 Å². The third kappa shape index (κ3) is 2.63. The number of halogens is 1. The molecule has 2 N–H and O–H groups in total. The number of aliphatic hydroxyl groups is 1. The van der Waals surface area contributed by atoms with Gasteiger partial charge in [0.2, 0.25) is 0 Å². The number of benzene rings is 1. The summed E-state index contributed by atoms with van der Waals surface area (Å²) in [7, 11) is 0. The Bertz CT molecular complexity index is 419. The first kappa shape index (κ1) is 11.9. The lowest BCUT2D eigenvalue weighted by molar-refractivity contribution is -0.385. The Morgan fingerprint density at radius 2 is 2.13 bits per heavy atom. The van der Waals surface area contributed by atoms with E-state index in [-0.39, 0.29) is 11.3 Å². The van der Waals surface area contributed by atoms with Crippen LogP contribution in [-0.4, -0.2) is 21.1 Å². The summed E-state index contributed by atoms with van der Waals surface area (Å²) >= 11 is 1.76. The fraction of sp³-hybridized carbons (Fsp3) is 0.125. The maximum Gasteiger partial charge on any atom is 0.337 e. The van der Waals surface area contributed by atoms with E-state index in [9.17, 15) is 20.0 Å². The Labute approximate surface area is 97.8 Å². The number of carboxylic acids is 1. The van der Waals surface area contributed by atoms with Gasteiger partial charge in [0.1, 0.15) is 0 Å². The van der Waals surface area contributed by atoms with Crippen molar-refractivity contribution in [3.8, 4) is 0 Å². The van der Waals surface area contributed by atoms with E-state index in [1.165, 1.54) is 12.1 Å². The highest BCUT2D eigenvalue weighted by Crippen LogP contribution is 2.25.